The highest BCUT2D eigenvalue weighted by Crippen LogP contribution is 2.34. The van der Waals surface area contributed by atoms with Crippen LogP contribution in [0.25, 0.3) is 0 Å². The van der Waals surface area contributed by atoms with Gasteiger partial charge in [-0.1, -0.05) is 13.0 Å². The van der Waals surface area contributed by atoms with Crippen molar-refractivity contribution in [3.8, 4) is 5.75 Å². The molecule has 0 spiro atoms. The number of carbonyl (C=O) groups is 1. The van der Waals surface area contributed by atoms with Gasteiger partial charge in [0.25, 0.3) is 0 Å². The Morgan fingerprint density at radius 1 is 1.56 bits per heavy atom. The van der Waals surface area contributed by atoms with Crippen molar-refractivity contribution in [1.29, 1.82) is 0 Å². The summed E-state index contributed by atoms with van der Waals surface area (Å²) < 4.78 is 5.30. The van der Waals surface area contributed by atoms with E-state index in [1.54, 1.807) is 6.07 Å². The maximum absolute atomic E-state index is 11.0. The second kappa shape index (κ2) is 6.43. The Labute approximate surface area is 104 Å². The smallest absolute Gasteiger partial charge is 0.333 e. The summed E-state index contributed by atoms with van der Waals surface area (Å²) in [6, 6.07) is 4.63. The molecule has 1 rings (SSSR count). The summed E-state index contributed by atoms with van der Waals surface area (Å²) in [5.74, 6) is -0.416. The summed E-state index contributed by atoms with van der Waals surface area (Å²) in [4.78, 5) is 21.1. The number of ether oxygens (including phenoxy) is 1. The molecule has 0 aliphatic heterocycles. The maximum atomic E-state index is 11.0. The lowest BCUT2D eigenvalue weighted by atomic mass is 10.2. The Balaban J connectivity index is 3.01. The Morgan fingerprint density at radius 3 is 2.83 bits per heavy atom. The van der Waals surface area contributed by atoms with E-state index in [-0.39, 0.29) is 23.7 Å². The van der Waals surface area contributed by atoms with E-state index in [0.717, 1.165) is 6.42 Å². The topological polar surface area (TPSA) is 107 Å². The van der Waals surface area contributed by atoms with Gasteiger partial charge >= 0.3 is 5.69 Å². The molecular weight excluding hydrogens is 238 g/mol. The number of amides is 1. The number of rotatable bonds is 7. The van der Waals surface area contributed by atoms with Crippen LogP contribution >= 0.6 is 0 Å². The van der Waals surface area contributed by atoms with Crippen molar-refractivity contribution >= 4 is 17.3 Å². The fourth-order valence-corrected chi connectivity index (χ4v) is 1.36. The molecule has 1 aromatic rings. The number of hydrogen-bond acceptors (Lipinski definition) is 5. The molecule has 0 aromatic heterocycles. The fourth-order valence-electron chi connectivity index (χ4n) is 1.36. The molecule has 0 atom stereocenters. The number of para-hydroxylation sites is 1. The molecule has 0 bridgehead atoms. The summed E-state index contributed by atoms with van der Waals surface area (Å²) >= 11 is 0. The lowest BCUT2D eigenvalue weighted by molar-refractivity contribution is -0.384. The molecule has 0 radical (unpaired) electrons. The standard InChI is InChI=1S/C11H15N3O4/c1-2-6-18-9-5-3-4-8(11(9)14(16)17)13-7-10(12)15/h3-5,13H,2,6-7H2,1H3,(H2,12,15). The highest BCUT2D eigenvalue weighted by Gasteiger charge is 2.20. The van der Waals surface area contributed by atoms with Gasteiger partial charge in [0.1, 0.15) is 5.69 Å². The molecule has 7 nitrogen and oxygen atoms in total. The minimum absolute atomic E-state index is 0.169. The zero-order chi connectivity index (χ0) is 13.5. The summed E-state index contributed by atoms with van der Waals surface area (Å²) in [5, 5.41) is 13.6. The minimum atomic E-state index is -0.593. The largest absolute Gasteiger partial charge is 0.487 e. The number of hydrogen-bond donors (Lipinski definition) is 2. The van der Waals surface area contributed by atoms with Crippen LogP contribution in [-0.2, 0) is 4.79 Å². The molecule has 1 amide bonds. The van der Waals surface area contributed by atoms with Crippen molar-refractivity contribution in [3.05, 3.63) is 28.3 Å². The van der Waals surface area contributed by atoms with Crippen molar-refractivity contribution in [1.82, 2.24) is 0 Å². The molecule has 1 aromatic carbocycles. The molecule has 0 saturated carbocycles. The second-order valence-electron chi connectivity index (χ2n) is 3.58. The molecule has 0 aliphatic rings. The molecule has 18 heavy (non-hydrogen) atoms. The van der Waals surface area contributed by atoms with Crippen LogP contribution in [-0.4, -0.2) is 24.0 Å². The maximum Gasteiger partial charge on any atom is 0.333 e. The van der Waals surface area contributed by atoms with E-state index in [2.05, 4.69) is 5.32 Å². The second-order valence-corrected chi connectivity index (χ2v) is 3.58. The zero-order valence-electron chi connectivity index (χ0n) is 10.0. The first-order valence-corrected chi connectivity index (χ1v) is 5.48. The van der Waals surface area contributed by atoms with Crippen molar-refractivity contribution in [2.45, 2.75) is 13.3 Å². The number of nitro benzene ring substituents is 1. The molecule has 0 aliphatic carbocycles. The lowest BCUT2D eigenvalue weighted by Crippen LogP contribution is -2.22. The predicted octanol–water partition coefficient (Wildman–Crippen LogP) is 1.28. The third-order valence-electron chi connectivity index (χ3n) is 2.10. The van der Waals surface area contributed by atoms with Crippen molar-refractivity contribution < 1.29 is 14.5 Å². The van der Waals surface area contributed by atoms with Gasteiger partial charge < -0.3 is 15.8 Å². The van der Waals surface area contributed by atoms with Gasteiger partial charge in [-0.3, -0.25) is 14.9 Å². The number of primary amides is 1. The highest BCUT2D eigenvalue weighted by molar-refractivity contribution is 5.80. The van der Waals surface area contributed by atoms with E-state index in [1.807, 2.05) is 6.92 Å². The minimum Gasteiger partial charge on any atom is -0.487 e. The summed E-state index contributed by atoms with van der Waals surface area (Å²) in [6.07, 6.45) is 0.746. The van der Waals surface area contributed by atoms with Crippen molar-refractivity contribution in [2.75, 3.05) is 18.5 Å². The highest BCUT2D eigenvalue weighted by atomic mass is 16.6. The first kappa shape index (κ1) is 13.8. The van der Waals surface area contributed by atoms with Gasteiger partial charge in [-0.05, 0) is 18.6 Å². The molecule has 7 heteroatoms. The summed E-state index contributed by atoms with van der Waals surface area (Å²) in [5.41, 5.74) is 5.01. The van der Waals surface area contributed by atoms with Gasteiger partial charge in [0.15, 0.2) is 5.75 Å². The molecule has 3 N–H and O–H groups in total. The van der Waals surface area contributed by atoms with E-state index < -0.39 is 10.8 Å². The number of anilines is 1. The normalized spacial score (nSPS) is 9.83. The molecule has 0 fully saturated rings. The number of nitro groups is 1. The SMILES string of the molecule is CCCOc1cccc(NCC(N)=O)c1[N+](=O)[O-]. The van der Waals surface area contributed by atoms with Crippen LogP contribution in [0.3, 0.4) is 0 Å². The summed E-state index contributed by atoms with van der Waals surface area (Å²) in [7, 11) is 0. The number of carbonyl (C=O) groups excluding carboxylic acids is 1. The van der Waals surface area contributed by atoms with Crippen LogP contribution in [0.1, 0.15) is 13.3 Å². The first-order valence-electron chi connectivity index (χ1n) is 5.48. The van der Waals surface area contributed by atoms with Crippen LogP contribution in [0.2, 0.25) is 0 Å². The Morgan fingerprint density at radius 2 is 2.28 bits per heavy atom. The van der Waals surface area contributed by atoms with Crippen LogP contribution in [0, 0.1) is 10.1 Å². The molecule has 0 unspecified atom stereocenters. The number of benzene rings is 1. The van der Waals surface area contributed by atoms with E-state index in [1.165, 1.54) is 12.1 Å². The van der Waals surface area contributed by atoms with E-state index in [0.29, 0.717) is 6.61 Å². The first-order chi connectivity index (χ1) is 8.56. The monoisotopic (exact) mass is 253 g/mol. The molecule has 98 valence electrons. The predicted molar refractivity (Wildman–Crippen MR) is 66.6 cm³/mol. The fraction of sp³-hybridized carbons (Fsp3) is 0.364. The molecule has 0 heterocycles. The number of nitrogens with zero attached hydrogens (tertiary/aromatic N) is 1. The molecule has 0 saturated heterocycles. The average Bonchev–Trinajstić information content (AvgIpc) is 2.33. The molecular formula is C11H15N3O4. The van der Waals surface area contributed by atoms with E-state index in [4.69, 9.17) is 10.5 Å². The van der Waals surface area contributed by atoms with Crippen LogP contribution in [0.15, 0.2) is 18.2 Å². The average molecular weight is 253 g/mol. The Kier molecular flexibility index (Phi) is 4.91. The zero-order valence-corrected chi connectivity index (χ0v) is 10.0. The number of nitrogens with two attached hydrogens (primary N) is 1. The van der Waals surface area contributed by atoms with Gasteiger partial charge in [0.2, 0.25) is 5.91 Å². The van der Waals surface area contributed by atoms with E-state index >= 15 is 0 Å². The quantitative estimate of drug-likeness (QED) is 0.562. The number of nitrogens with one attached hydrogen (secondary N) is 1. The third-order valence-corrected chi connectivity index (χ3v) is 2.10. The van der Waals surface area contributed by atoms with Gasteiger partial charge in [0, 0.05) is 0 Å². The van der Waals surface area contributed by atoms with Gasteiger partial charge in [-0.25, -0.2) is 0 Å². The Hall–Kier alpha value is -2.31. The summed E-state index contributed by atoms with van der Waals surface area (Å²) in [6.45, 7) is 2.12. The Bertz CT molecular complexity index is 448. The van der Waals surface area contributed by atoms with Gasteiger partial charge in [-0.2, -0.15) is 0 Å². The third kappa shape index (κ3) is 3.62. The van der Waals surface area contributed by atoms with Crippen LogP contribution in [0.4, 0.5) is 11.4 Å². The van der Waals surface area contributed by atoms with Crippen LogP contribution in [0.5, 0.6) is 5.75 Å². The lowest BCUT2D eigenvalue weighted by Gasteiger charge is -2.09. The van der Waals surface area contributed by atoms with Crippen LogP contribution < -0.4 is 15.8 Å². The van der Waals surface area contributed by atoms with Gasteiger partial charge in [0.05, 0.1) is 18.1 Å². The van der Waals surface area contributed by atoms with Gasteiger partial charge in [-0.15, -0.1) is 0 Å². The van der Waals surface area contributed by atoms with Crippen molar-refractivity contribution in [2.24, 2.45) is 5.73 Å². The van der Waals surface area contributed by atoms with Crippen molar-refractivity contribution in [3.63, 3.8) is 0 Å². The van der Waals surface area contributed by atoms with E-state index in [9.17, 15) is 14.9 Å².